The van der Waals surface area contributed by atoms with Crippen molar-refractivity contribution in [2.75, 3.05) is 30.4 Å². The van der Waals surface area contributed by atoms with E-state index in [2.05, 4.69) is 54.9 Å². The second kappa shape index (κ2) is 7.97. The Kier molecular flexibility index (Phi) is 6.60. The quantitative estimate of drug-likeness (QED) is 0.782. The molecule has 0 amide bonds. The zero-order chi connectivity index (χ0) is 14.3. The molecule has 4 nitrogen and oxygen atoms in total. The highest BCUT2D eigenvalue weighted by Gasteiger charge is 2.13. The van der Waals surface area contributed by atoms with Crippen LogP contribution >= 0.6 is 0 Å². The van der Waals surface area contributed by atoms with Gasteiger partial charge in [0.2, 0.25) is 0 Å². The summed E-state index contributed by atoms with van der Waals surface area (Å²) in [6.45, 7) is 10.8. The van der Waals surface area contributed by atoms with Crippen LogP contribution in [0, 0.1) is 5.92 Å². The number of nitrogens with zero attached hydrogens (tertiary/aromatic N) is 3. The molecule has 0 aliphatic carbocycles. The topological polar surface area (TPSA) is 41.1 Å². The summed E-state index contributed by atoms with van der Waals surface area (Å²) in [6, 6.07) is 0. The third-order valence-corrected chi connectivity index (χ3v) is 3.22. The molecule has 1 aromatic heterocycles. The van der Waals surface area contributed by atoms with Gasteiger partial charge in [0.05, 0.1) is 0 Å². The molecule has 0 fully saturated rings. The van der Waals surface area contributed by atoms with Crippen molar-refractivity contribution in [2.24, 2.45) is 5.92 Å². The Morgan fingerprint density at radius 1 is 1.26 bits per heavy atom. The van der Waals surface area contributed by atoms with Gasteiger partial charge in [-0.1, -0.05) is 27.7 Å². The molecule has 0 bridgehead atoms. The van der Waals surface area contributed by atoms with Crippen LogP contribution in [0.3, 0.4) is 0 Å². The van der Waals surface area contributed by atoms with E-state index in [0.29, 0.717) is 5.92 Å². The summed E-state index contributed by atoms with van der Waals surface area (Å²) in [4.78, 5) is 11.1. The molecule has 0 aromatic carbocycles. The molecule has 1 heterocycles. The Balaban J connectivity index is 2.86. The predicted molar refractivity (Wildman–Crippen MR) is 82.9 cm³/mol. The molecule has 0 atom stereocenters. The largest absolute Gasteiger partial charge is 0.370 e. The summed E-state index contributed by atoms with van der Waals surface area (Å²) in [5.74, 6) is 2.77. The lowest BCUT2D eigenvalue weighted by atomic mass is 10.1. The average molecular weight is 264 g/mol. The van der Waals surface area contributed by atoms with E-state index in [1.54, 1.807) is 6.33 Å². The van der Waals surface area contributed by atoms with Gasteiger partial charge in [-0.3, -0.25) is 0 Å². The monoisotopic (exact) mass is 264 g/mol. The molecular formula is C15H28N4. The summed E-state index contributed by atoms with van der Waals surface area (Å²) in [7, 11) is 2.12. The Labute approximate surface area is 117 Å². The van der Waals surface area contributed by atoms with Gasteiger partial charge in [-0.15, -0.1) is 0 Å². The van der Waals surface area contributed by atoms with Gasteiger partial charge in [-0.05, 0) is 25.2 Å². The average Bonchev–Trinajstić information content (AvgIpc) is 2.41. The fraction of sp³-hybridized carbons (Fsp3) is 0.733. The second-order valence-corrected chi connectivity index (χ2v) is 5.41. The van der Waals surface area contributed by atoms with Crippen molar-refractivity contribution in [3.05, 3.63) is 11.9 Å². The normalized spacial score (nSPS) is 10.8. The first kappa shape index (κ1) is 15.7. The molecule has 0 saturated heterocycles. The fourth-order valence-corrected chi connectivity index (χ4v) is 2.01. The van der Waals surface area contributed by atoms with Crippen molar-refractivity contribution in [1.82, 2.24) is 9.97 Å². The van der Waals surface area contributed by atoms with Crippen LogP contribution in [0.1, 0.15) is 46.1 Å². The Morgan fingerprint density at radius 3 is 2.58 bits per heavy atom. The summed E-state index contributed by atoms with van der Waals surface area (Å²) in [5.41, 5.74) is 1.22. The standard InChI is InChI=1S/C15H28N4/c1-6-9-16-14-13(7-2)15(18-11-17-14)19(5)10-8-12(3)4/h11-12H,6-10H2,1-5H3,(H,16,17,18). The lowest BCUT2D eigenvalue weighted by molar-refractivity contribution is 0.583. The molecule has 4 heteroatoms. The van der Waals surface area contributed by atoms with Gasteiger partial charge in [-0.2, -0.15) is 0 Å². The van der Waals surface area contributed by atoms with Gasteiger partial charge in [0.1, 0.15) is 18.0 Å². The third kappa shape index (κ3) is 4.69. The lowest BCUT2D eigenvalue weighted by Gasteiger charge is -2.23. The highest BCUT2D eigenvalue weighted by Crippen LogP contribution is 2.23. The van der Waals surface area contributed by atoms with Crippen molar-refractivity contribution in [2.45, 2.75) is 47.0 Å². The molecule has 1 rings (SSSR count). The second-order valence-electron chi connectivity index (χ2n) is 5.41. The summed E-state index contributed by atoms with van der Waals surface area (Å²) in [6.07, 6.45) is 4.90. The van der Waals surface area contributed by atoms with E-state index in [0.717, 1.165) is 37.6 Å². The van der Waals surface area contributed by atoms with Crippen LogP contribution in [-0.4, -0.2) is 30.1 Å². The molecular weight excluding hydrogens is 236 g/mol. The van der Waals surface area contributed by atoms with Crippen LogP contribution in [0.5, 0.6) is 0 Å². The third-order valence-electron chi connectivity index (χ3n) is 3.22. The van der Waals surface area contributed by atoms with Crippen molar-refractivity contribution >= 4 is 11.6 Å². The number of hydrogen-bond acceptors (Lipinski definition) is 4. The Morgan fingerprint density at radius 2 is 2.00 bits per heavy atom. The van der Waals surface area contributed by atoms with Gasteiger partial charge < -0.3 is 10.2 Å². The smallest absolute Gasteiger partial charge is 0.137 e. The number of nitrogens with one attached hydrogen (secondary N) is 1. The summed E-state index contributed by atoms with van der Waals surface area (Å²) >= 11 is 0. The molecule has 0 aliphatic rings. The van der Waals surface area contributed by atoms with Gasteiger partial charge in [-0.25, -0.2) is 9.97 Å². The zero-order valence-corrected chi connectivity index (χ0v) is 13.0. The Bertz CT molecular complexity index is 376. The molecule has 0 unspecified atom stereocenters. The lowest BCUT2D eigenvalue weighted by Crippen LogP contribution is -2.23. The van der Waals surface area contributed by atoms with Gasteiger partial charge in [0.25, 0.3) is 0 Å². The number of rotatable bonds is 8. The maximum Gasteiger partial charge on any atom is 0.137 e. The van der Waals surface area contributed by atoms with Crippen LogP contribution < -0.4 is 10.2 Å². The molecule has 1 aromatic rings. The zero-order valence-electron chi connectivity index (χ0n) is 13.0. The highest BCUT2D eigenvalue weighted by atomic mass is 15.2. The van der Waals surface area contributed by atoms with E-state index in [1.807, 2.05) is 0 Å². The molecule has 0 radical (unpaired) electrons. The van der Waals surface area contributed by atoms with Gasteiger partial charge in [0, 0.05) is 25.7 Å². The summed E-state index contributed by atoms with van der Waals surface area (Å²) in [5, 5.41) is 3.40. The van der Waals surface area contributed by atoms with Crippen molar-refractivity contribution in [1.29, 1.82) is 0 Å². The van der Waals surface area contributed by atoms with Crippen molar-refractivity contribution in [3.8, 4) is 0 Å². The molecule has 0 saturated carbocycles. The number of aromatic nitrogens is 2. The van der Waals surface area contributed by atoms with Crippen LogP contribution in [0.4, 0.5) is 11.6 Å². The molecule has 0 spiro atoms. The van der Waals surface area contributed by atoms with E-state index in [-0.39, 0.29) is 0 Å². The van der Waals surface area contributed by atoms with Crippen LogP contribution in [-0.2, 0) is 6.42 Å². The van der Waals surface area contributed by atoms with Crippen LogP contribution in [0.15, 0.2) is 6.33 Å². The molecule has 19 heavy (non-hydrogen) atoms. The van der Waals surface area contributed by atoms with Gasteiger partial charge >= 0.3 is 0 Å². The highest BCUT2D eigenvalue weighted by molar-refractivity contribution is 5.58. The van der Waals surface area contributed by atoms with Crippen LogP contribution in [0.25, 0.3) is 0 Å². The first-order valence-corrected chi connectivity index (χ1v) is 7.38. The molecule has 108 valence electrons. The minimum atomic E-state index is 0.715. The first-order valence-electron chi connectivity index (χ1n) is 7.38. The van der Waals surface area contributed by atoms with E-state index < -0.39 is 0 Å². The summed E-state index contributed by atoms with van der Waals surface area (Å²) < 4.78 is 0. The minimum absolute atomic E-state index is 0.715. The van der Waals surface area contributed by atoms with Crippen LogP contribution in [0.2, 0.25) is 0 Å². The minimum Gasteiger partial charge on any atom is -0.370 e. The van der Waals surface area contributed by atoms with E-state index >= 15 is 0 Å². The Hall–Kier alpha value is -1.32. The van der Waals surface area contributed by atoms with E-state index in [1.165, 1.54) is 12.0 Å². The SMILES string of the molecule is CCCNc1ncnc(N(C)CCC(C)C)c1CC. The predicted octanol–water partition coefficient (Wildman–Crippen LogP) is 3.34. The van der Waals surface area contributed by atoms with Crippen molar-refractivity contribution < 1.29 is 0 Å². The molecule has 0 aliphatic heterocycles. The van der Waals surface area contributed by atoms with E-state index in [9.17, 15) is 0 Å². The molecule has 1 N–H and O–H groups in total. The number of anilines is 2. The number of hydrogen-bond donors (Lipinski definition) is 1. The van der Waals surface area contributed by atoms with Crippen molar-refractivity contribution in [3.63, 3.8) is 0 Å². The van der Waals surface area contributed by atoms with Gasteiger partial charge in [0.15, 0.2) is 0 Å². The maximum absolute atomic E-state index is 4.47. The first-order chi connectivity index (χ1) is 9.10. The van der Waals surface area contributed by atoms with E-state index in [4.69, 9.17) is 0 Å². The maximum atomic E-state index is 4.47. The fourth-order valence-electron chi connectivity index (χ4n) is 2.01.